The monoisotopic (exact) mass is 195 g/mol. The zero-order valence-corrected chi connectivity index (χ0v) is 8.80. The fraction of sp³-hybridized carbons (Fsp3) is 0.727. The lowest BCUT2D eigenvalue weighted by Crippen LogP contribution is -2.47. The fourth-order valence-corrected chi connectivity index (χ4v) is 1.53. The van der Waals surface area contributed by atoms with Gasteiger partial charge in [0.05, 0.1) is 6.04 Å². The average Bonchev–Trinajstić information content (AvgIpc) is 2.62. The molecule has 0 spiro atoms. The first kappa shape index (κ1) is 11.1. The molecule has 1 amide bonds. The van der Waals surface area contributed by atoms with Gasteiger partial charge in [-0.3, -0.25) is 4.79 Å². The summed E-state index contributed by atoms with van der Waals surface area (Å²) in [6, 6.07) is -0.177. The molecule has 1 saturated heterocycles. The van der Waals surface area contributed by atoms with Crippen molar-refractivity contribution in [3.63, 3.8) is 0 Å². The van der Waals surface area contributed by atoms with Crippen LogP contribution in [0.3, 0.4) is 0 Å². The van der Waals surface area contributed by atoms with Gasteiger partial charge in [-0.05, 0) is 26.2 Å². The van der Waals surface area contributed by atoms with Crippen LogP contribution in [0.5, 0.6) is 0 Å². The van der Waals surface area contributed by atoms with Crippen molar-refractivity contribution in [2.24, 2.45) is 0 Å². The number of carbonyl (C=O) groups is 1. The van der Waals surface area contributed by atoms with Crippen LogP contribution in [0.15, 0.2) is 0 Å². The summed E-state index contributed by atoms with van der Waals surface area (Å²) < 4.78 is 5.41. The van der Waals surface area contributed by atoms with Crippen LogP contribution < -0.4 is 5.32 Å². The summed E-state index contributed by atoms with van der Waals surface area (Å²) in [4.78, 5) is 11.8. The summed E-state index contributed by atoms with van der Waals surface area (Å²) in [7, 11) is 0. The van der Waals surface area contributed by atoms with E-state index in [2.05, 4.69) is 11.2 Å². The second kappa shape index (κ2) is 4.47. The van der Waals surface area contributed by atoms with Gasteiger partial charge in [0, 0.05) is 6.61 Å². The number of nitrogens with one attached hydrogen (secondary N) is 1. The SMILES string of the molecule is C#CC(CC)NC(=O)C1(C)CCCO1. The predicted molar refractivity (Wildman–Crippen MR) is 54.6 cm³/mol. The van der Waals surface area contributed by atoms with Gasteiger partial charge >= 0.3 is 0 Å². The van der Waals surface area contributed by atoms with Gasteiger partial charge in [0.15, 0.2) is 0 Å². The zero-order chi connectivity index (χ0) is 10.6. The van der Waals surface area contributed by atoms with Gasteiger partial charge < -0.3 is 10.1 Å². The highest BCUT2D eigenvalue weighted by Crippen LogP contribution is 2.25. The standard InChI is InChI=1S/C11H17NO2/c1-4-9(5-2)12-10(13)11(3)7-6-8-14-11/h1,9H,5-8H2,2-3H3,(H,12,13). The molecule has 1 aliphatic rings. The molecule has 0 bridgehead atoms. The molecule has 2 atom stereocenters. The molecule has 0 aromatic carbocycles. The highest BCUT2D eigenvalue weighted by molar-refractivity contribution is 5.85. The quantitative estimate of drug-likeness (QED) is 0.684. The van der Waals surface area contributed by atoms with Crippen LogP contribution in [0.2, 0.25) is 0 Å². The summed E-state index contributed by atoms with van der Waals surface area (Å²) >= 11 is 0. The Morgan fingerprint density at radius 3 is 2.93 bits per heavy atom. The first-order chi connectivity index (χ1) is 6.62. The first-order valence-corrected chi connectivity index (χ1v) is 5.03. The van der Waals surface area contributed by atoms with E-state index in [0.717, 1.165) is 19.3 Å². The van der Waals surface area contributed by atoms with Crippen LogP contribution in [-0.4, -0.2) is 24.2 Å². The predicted octanol–water partition coefficient (Wildman–Crippen LogP) is 1.08. The van der Waals surface area contributed by atoms with Crippen molar-refractivity contribution in [2.75, 3.05) is 6.61 Å². The molecular formula is C11H17NO2. The van der Waals surface area contributed by atoms with Crippen LogP contribution in [0.4, 0.5) is 0 Å². The van der Waals surface area contributed by atoms with E-state index in [0.29, 0.717) is 6.61 Å². The molecule has 1 fully saturated rings. The molecule has 78 valence electrons. The normalized spacial score (nSPS) is 28.1. The Hall–Kier alpha value is -1.01. The van der Waals surface area contributed by atoms with Crippen LogP contribution in [0, 0.1) is 12.3 Å². The number of terminal acetylenes is 1. The Morgan fingerprint density at radius 1 is 1.79 bits per heavy atom. The highest BCUT2D eigenvalue weighted by atomic mass is 16.5. The molecule has 3 heteroatoms. The largest absolute Gasteiger partial charge is 0.365 e. The summed E-state index contributed by atoms with van der Waals surface area (Å²) in [5.41, 5.74) is -0.662. The Bertz CT molecular complexity index is 249. The molecule has 1 N–H and O–H groups in total. The van der Waals surface area contributed by atoms with Gasteiger partial charge in [-0.2, -0.15) is 0 Å². The Balaban J connectivity index is 2.53. The minimum Gasteiger partial charge on any atom is -0.365 e. The van der Waals surface area contributed by atoms with Crippen LogP contribution in [0.1, 0.15) is 33.1 Å². The summed E-state index contributed by atoms with van der Waals surface area (Å²) in [6.45, 7) is 4.43. The van der Waals surface area contributed by atoms with Gasteiger partial charge in [-0.25, -0.2) is 0 Å². The molecule has 1 rings (SSSR count). The molecule has 14 heavy (non-hydrogen) atoms. The summed E-state index contributed by atoms with van der Waals surface area (Å²) in [6.07, 6.45) is 7.74. The number of ether oxygens (including phenoxy) is 1. The molecule has 1 heterocycles. The lowest BCUT2D eigenvalue weighted by molar-refractivity contribution is -0.139. The van der Waals surface area contributed by atoms with Crippen molar-refractivity contribution in [1.82, 2.24) is 5.32 Å². The van der Waals surface area contributed by atoms with Gasteiger partial charge in [-0.15, -0.1) is 6.42 Å². The van der Waals surface area contributed by atoms with Gasteiger partial charge in [0.25, 0.3) is 5.91 Å². The van der Waals surface area contributed by atoms with E-state index in [9.17, 15) is 4.79 Å². The molecule has 0 radical (unpaired) electrons. The fourth-order valence-electron chi connectivity index (χ4n) is 1.53. The number of amides is 1. The van der Waals surface area contributed by atoms with Crippen molar-refractivity contribution < 1.29 is 9.53 Å². The van der Waals surface area contributed by atoms with Crippen molar-refractivity contribution in [3.8, 4) is 12.3 Å². The first-order valence-electron chi connectivity index (χ1n) is 5.03. The van der Waals surface area contributed by atoms with E-state index in [1.807, 2.05) is 13.8 Å². The Labute approximate surface area is 85.2 Å². The Morgan fingerprint density at radius 2 is 2.50 bits per heavy atom. The maximum Gasteiger partial charge on any atom is 0.252 e. The van der Waals surface area contributed by atoms with Gasteiger partial charge in [0.2, 0.25) is 0 Å². The Kier molecular flexibility index (Phi) is 3.54. The maximum atomic E-state index is 11.8. The van der Waals surface area contributed by atoms with Gasteiger partial charge in [-0.1, -0.05) is 12.8 Å². The minimum absolute atomic E-state index is 0.0835. The molecule has 1 aliphatic heterocycles. The highest BCUT2D eigenvalue weighted by Gasteiger charge is 2.38. The van der Waals surface area contributed by atoms with E-state index in [1.165, 1.54) is 0 Å². The lowest BCUT2D eigenvalue weighted by Gasteiger charge is -2.23. The van der Waals surface area contributed by atoms with Crippen LogP contribution >= 0.6 is 0 Å². The van der Waals surface area contributed by atoms with E-state index >= 15 is 0 Å². The average molecular weight is 195 g/mol. The van der Waals surface area contributed by atoms with Gasteiger partial charge in [0.1, 0.15) is 5.60 Å². The second-order valence-electron chi connectivity index (χ2n) is 3.78. The molecular weight excluding hydrogens is 178 g/mol. The maximum absolute atomic E-state index is 11.8. The minimum atomic E-state index is -0.662. The zero-order valence-electron chi connectivity index (χ0n) is 8.80. The van der Waals surface area contributed by atoms with Crippen molar-refractivity contribution in [1.29, 1.82) is 0 Å². The van der Waals surface area contributed by atoms with E-state index in [1.54, 1.807) is 0 Å². The van der Waals surface area contributed by atoms with E-state index in [-0.39, 0.29) is 11.9 Å². The van der Waals surface area contributed by atoms with Crippen molar-refractivity contribution in [3.05, 3.63) is 0 Å². The number of rotatable bonds is 3. The molecule has 0 aromatic heterocycles. The molecule has 2 unspecified atom stereocenters. The summed E-state index contributed by atoms with van der Waals surface area (Å²) in [5, 5.41) is 2.80. The smallest absolute Gasteiger partial charge is 0.252 e. The van der Waals surface area contributed by atoms with Crippen molar-refractivity contribution in [2.45, 2.75) is 44.8 Å². The number of hydrogen-bond donors (Lipinski definition) is 1. The topological polar surface area (TPSA) is 38.3 Å². The van der Waals surface area contributed by atoms with Crippen molar-refractivity contribution >= 4 is 5.91 Å². The molecule has 0 saturated carbocycles. The van der Waals surface area contributed by atoms with Crippen LogP contribution in [0.25, 0.3) is 0 Å². The molecule has 3 nitrogen and oxygen atoms in total. The third-order valence-electron chi connectivity index (χ3n) is 2.61. The van der Waals surface area contributed by atoms with E-state index in [4.69, 9.17) is 11.2 Å². The second-order valence-corrected chi connectivity index (χ2v) is 3.78. The molecule has 0 aliphatic carbocycles. The van der Waals surface area contributed by atoms with E-state index < -0.39 is 5.60 Å². The third-order valence-corrected chi connectivity index (χ3v) is 2.61. The number of hydrogen-bond acceptors (Lipinski definition) is 2. The molecule has 0 aromatic rings. The number of carbonyl (C=O) groups excluding carboxylic acids is 1. The van der Waals surface area contributed by atoms with Crippen LogP contribution in [-0.2, 0) is 9.53 Å². The third kappa shape index (κ3) is 2.27. The lowest BCUT2D eigenvalue weighted by atomic mass is 10.0. The summed E-state index contributed by atoms with van der Waals surface area (Å²) in [5.74, 6) is 2.45.